The molecular weight excluding hydrogens is 262 g/mol. The maximum absolute atomic E-state index is 11.5. The molecule has 0 aliphatic rings. The number of benzene rings is 1. The molecule has 0 aliphatic carbocycles. The summed E-state index contributed by atoms with van der Waals surface area (Å²) < 4.78 is 6.50. The monoisotopic (exact) mass is 279 g/mol. The molecule has 0 unspecified atom stereocenters. The number of hydrogen-bond donors (Lipinski definition) is 1. The zero-order valence-electron chi connectivity index (χ0n) is 11.3. The molecule has 0 atom stereocenters. The Hall–Kier alpha value is -1.82. The molecule has 1 amide bonds. The van der Waals surface area contributed by atoms with Crippen LogP contribution in [0.1, 0.15) is 6.92 Å². The van der Waals surface area contributed by atoms with E-state index in [4.69, 9.17) is 4.74 Å². The van der Waals surface area contributed by atoms with Crippen molar-refractivity contribution in [3.8, 4) is 5.75 Å². The number of thiazole rings is 1. The van der Waals surface area contributed by atoms with Crippen LogP contribution < -0.4 is 10.1 Å². The number of rotatable bonds is 5. The van der Waals surface area contributed by atoms with Gasteiger partial charge < -0.3 is 15.0 Å². The van der Waals surface area contributed by atoms with Crippen molar-refractivity contribution in [2.75, 3.05) is 32.6 Å². The van der Waals surface area contributed by atoms with Gasteiger partial charge in [0.25, 0.3) is 0 Å². The van der Waals surface area contributed by atoms with Gasteiger partial charge in [0.2, 0.25) is 5.91 Å². The van der Waals surface area contributed by atoms with Gasteiger partial charge in [-0.25, -0.2) is 4.98 Å². The first-order valence-corrected chi connectivity index (χ1v) is 6.89. The normalized spacial score (nSPS) is 10.5. The zero-order valence-corrected chi connectivity index (χ0v) is 12.1. The molecule has 0 fully saturated rings. The first-order valence-electron chi connectivity index (χ1n) is 6.07. The van der Waals surface area contributed by atoms with Crippen LogP contribution in [0.25, 0.3) is 10.2 Å². The standard InChI is InChI=1S/C13H17N3O2S/c1-4-18-9-5-6-10-11(7-9)19-13(15-10)14-8-12(17)16(2)3/h5-7H,4,8H2,1-3H3,(H,14,15). The Labute approximate surface area is 116 Å². The van der Waals surface area contributed by atoms with Gasteiger partial charge in [0.05, 0.1) is 23.4 Å². The van der Waals surface area contributed by atoms with Crippen LogP contribution in [0.15, 0.2) is 18.2 Å². The molecule has 102 valence electrons. The van der Waals surface area contributed by atoms with Gasteiger partial charge in [0.15, 0.2) is 5.13 Å². The highest BCUT2D eigenvalue weighted by molar-refractivity contribution is 7.22. The van der Waals surface area contributed by atoms with Gasteiger partial charge in [0.1, 0.15) is 5.75 Å². The van der Waals surface area contributed by atoms with E-state index in [1.54, 1.807) is 19.0 Å². The third kappa shape index (κ3) is 3.35. The van der Waals surface area contributed by atoms with E-state index in [9.17, 15) is 4.79 Å². The fourth-order valence-electron chi connectivity index (χ4n) is 1.55. The second-order valence-electron chi connectivity index (χ2n) is 4.22. The minimum absolute atomic E-state index is 0.0225. The van der Waals surface area contributed by atoms with Gasteiger partial charge in [-0.15, -0.1) is 0 Å². The van der Waals surface area contributed by atoms with Crippen LogP contribution >= 0.6 is 11.3 Å². The molecular formula is C13H17N3O2S. The number of carbonyl (C=O) groups excluding carboxylic acids is 1. The summed E-state index contributed by atoms with van der Waals surface area (Å²) in [6, 6.07) is 5.80. The molecule has 0 saturated heterocycles. The number of fused-ring (bicyclic) bond motifs is 1. The van der Waals surface area contributed by atoms with Gasteiger partial charge in [-0.1, -0.05) is 11.3 Å². The Morgan fingerprint density at radius 3 is 2.95 bits per heavy atom. The summed E-state index contributed by atoms with van der Waals surface area (Å²) in [6.45, 7) is 2.86. The summed E-state index contributed by atoms with van der Waals surface area (Å²) in [6.07, 6.45) is 0. The lowest BCUT2D eigenvalue weighted by molar-refractivity contribution is -0.126. The number of likely N-dealkylation sites (N-methyl/N-ethyl adjacent to an activating group) is 1. The molecule has 19 heavy (non-hydrogen) atoms. The molecule has 0 aliphatic heterocycles. The lowest BCUT2D eigenvalue weighted by atomic mass is 10.3. The lowest BCUT2D eigenvalue weighted by Crippen LogP contribution is -2.28. The van der Waals surface area contributed by atoms with Crippen molar-refractivity contribution in [3.05, 3.63) is 18.2 Å². The van der Waals surface area contributed by atoms with E-state index in [1.165, 1.54) is 11.3 Å². The number of hydrogen-bond acceptors (Lipinski definition) is 5. The fraction of sp³-hybridized carbons (Fsp3) is 0.385. The van der Waals surface area contributed by atoms with E-state index in [2.05, 4.69) is 10.3 Å². The topological polar surface area (TPSA) is 54.5 Å². The molecule has 0 saturated carbocycles. The van der Waals surface area contributed by atoms with E-state index in [1.807, 2.05) is 25.1 Å². The molecule has 0 bridgehead atoms. The van der Waals surface area contributed by atoms with Crippen molar-refractivity contribution in [3.63, 3.8) is 0 Å². The summed E-state index contributed by atoms with van der Waals surface area (Å²) in [7, 11) is 3.47. The molecule has 1 heterocycles. The Morgan fingerprint density at radius 1 is 1.47 bits per heavy atom. The van der Waals surface area contributed by atoms with E-state index in [0.29, 0.717) is 6.61 Å². The molecule has 1 aromatic heterocycles. The van der Waals surface area contributed by atoms with Gasteiger partial charge in [-0.05, 0) is 25.1 Å². The van der Waals surface area contributed by atoms with Crippen molar-refractivity contribution in [1.29, 1.82) is 0 Å². The lowest BCUT2D eigenvalue weighted by Gasteiger charge is -2.09. The maximum atomic E-state index is 11.5. The largest absolute Gasteiger partial charge is 0.494 e. The highest BCUT2D eigenvalue weighted by atomic mass is 32.1. The number of ether oxygens (including phenoxy) is 1. The predicted octanol–water partition coefficient (Wildman–Crippen LogP) is 2.20. The van der Waals surface area contributed by atoms with Crippen LogP contribution in [0.5, 0.6) is 5.75 Å². The Bertz CT molecular complexity index is 580. The van der Waals surface area contributed by atoms with Gasteiger partial charge in [-0.2, -0.15) is 0 Å². The first kappa shape index (κ1) is 13.6. The number of aromatic nitrogens is 1. The molecule has 1 N–H and O–H groups in total. The SMILES string of the molecule is CCOc1ccc2nc(NCC(=O)N(C)C)sc2c1. The molecule has 1 aromatic carbocycles. The van der Waals surface area contributed by atoms with E-state index >= 15 is 0 Å². The molecule has 2 aromatic rings. The number of nitrogens with one attached hydrogen (secondary N) is 1. The number of anilines is 1. The van der Waals surface area contributed by atoms with Crippen LogP contribution in [0.2, 0.25) is 0 Å². The van der Waals surface area contributed by atoms with Crippen molar-refractivity contribution in [2.24, 2.45) is 0 Å². The van der Waals surface area contributed by atoms with Crippen LogP contribution in [0.4, 0.5) is 5.13 Å². The second kappa shape index (κ2) is 5.88. The molecule has 2 rings (SSSR count). The van der Waals surface area contributed by atoms with E-state index in [0.717, 1.165) is 21.1 Å². The Kier molecular flexibility index (Phi) is 4.21. The number of amides is 1. The van der Waals surface area contributed by atoms with Gasteiger partial charge >= 0.3 is 0 Å². The summed E-state index contributed by atoms with van der Waals surface area (Å²) in [5.41, 5.74) is 0.910. The van der Waals surface area contributed by atoms with Crippen LogP contribution in [-0.2, 0) is 4.79 Å². The van der Waals surface area contributed by atoms with E-state index < -0.39 is 0 Å². The number of carbonyl (C=O) groups is 1. The average molecular weight is 279 g/mol. The van der Waals surface area contributed by atoms with Gasteiger partial charge in [0, 0.05) is 14.1 Å². The quantitative estimate of drug-likeness (QED) is 0.911. The van der Waals surface area contributed by atoms with Crippen molar-refractivity contribution in [2.45, 2.75) is 6.92 Å². The van der Waals surface area contributed by atoms with Crippen molar-refractivity contribution < 1.29 is 9.53 Å². The highest BCUT2D eigenvalue weighted by Gasteiger charge is 2.08. The highest BCUT2D eigenvalue weighted by Crippen LogP contribution is 2.29. The maximum Gasteiger partial charge on any atom is 0.241 e. The second-order valence-corrected chi connectivity index (χ2v) is 5.25. The fourth-order valence-corrected chi connectivity index (χ4v) is 2.44. The minimum atomic E-state index is 0.0225. The van der Waals surface area contributed by atoms with Crippen LogP contribution in [0.3, 0.4) is 0 Å². The predicted molar refractivity (Wildman–Crippen MR) is 78.0 cm³/mol. The zero-order chi connectivity index (χ0) is 13.8. The van der Waals surface area contributed by atoms with Crippen LogP contribution in [0, 0.1) is 0 Å². The van der Waals surface area contributed by atoms with Gasteiger partial charge in [-0.3, -0.25) is 4.79 Å². The number of nitrogens with zero attached hydrogens (tertiary/aromatic N) is 2. The Morgan fingerprint density at radius 2 is 2.26 bits per heavy atom. The summed E-state index contributed by atoms with van der Waals surface area (Å²) in [5.74, 6) is 0.865. The third-order valence-electron chi connectivity index (χ3n) is 2.56. The van der Waals surface area contributed by atoms with Crippen molar-refractivity contribution >= 4 is 32.6 Å². The average Bonchev–Trinajstić information content (AvgIpc) is 2.78. The van der Waals surface area contributed by atoms with Crippen molar-refractivity contribution in [1.82, 2.24) is 9.88 Å². The molecule has 5 nitrogen and oxygen atoms in total. The molecule has 0 spiro atoms. The third-order valence-corrected chi connectivity index (χ3v) is 3.54. The van der Waals surface area contributed by atoms with Crippen LogP contribution in [-0.4, -0.2) is 43.0 Å². The molecule has 0 radical (unpaired) electrons. The smallest absolute Gasteiger partial charge is 0.241 e. The molecule has 6 heteroatoms. The Balaban J connectivity index is 2.10. The minimum Gasteiger partial charge on any atom is -0.494 e. The summed E-state index contributed by atoms with van der Waals surface area (Å²) in [5, 5.41) is 3.79. The first-order chi connectivity index (χ1) is 9.10. The van der Waals surface area contributed by atoms with E-state index in [-0.39, 0.29) is 12.5 Å². The summed E-state index contributed by atoms with van der Waals surface area (Å²) in [4.78, 5) is 17.5. The summed E-state index contributed by atoms with van der Waals surface area (Å²) >= 11 is 1.52.